The van der Waals surface area contributed by atoms with Gasteiger partial charge < -0.3 is 4.74 Å². The Hall–Kier alpha value is -2.20. The summed E-state index contributed by atoms with van der Waals surface area (Å²) in [4.78, 5) is 12.6. The number of pyridine rings is 1. The Balaban J connectivity index is 2.22. The van der Waals surface area contributed by atoms with E-state index in [0.717, 1.165) is 22.4 Å². The Morgan fingerprint density at radius 2 is 1.89 bits per heavy atom. The molecule has 4 rings (SSSR count). The van der Waals surface area contributed by atoms with Crippen molar-refractivity contribution in [2.45, 2.75) is 0 Å². The van der Waals surface area contributed by atoms with E-state index in [4.69, 9.17) is 16.3 Å². The van der Waals surface area contributed by atoms with Gasteiger partial charge in [-0.25, -0.2) is 9.97 Å². The van der Waals surface area contributed by atoms with Crippen LogP contribution in [-0.2, 0) is 0 Å². The highest BCUT2D eigenvalue weighted by Crippen LogP contribution is 2.44. The number of benzene rings is 1. The Morgan fingerprint density at radius 3 is 2.83 bits per heavy atom. The first-order chi connectivity index (χ1) is 8.83. The molecule has 0 radical (unpaired) electrons. The molecule has 3 aromatic rings. The van der Waals surface area contributed by atoms with Gasteiger partial charge in [-0.3, -0.25) is 0 Å². The van der Waals surface area contributed by atoms with Gasteiger partial charge in [-0.05, 0) is 29.8 Å². The number of halogens is 1. The molecule has 0 atom stereocenters. The molecule has 86 valence electrons. The molecule has 18 heavy (non-hydrogen) atoms. The lowest BCUT2D eigenvalue weighted by atomic mass is 10.0. The minimum atomic E-state index is 0.193. The lowest BCUT2D eigenvalue weighted by Crippen LogP contribution is -2.01. The predicted octanol–water partition coefficient (Wildman–Crippen LogP) is 3.45. The minimum Gasteiger partial charge on any atom is -0.456 e. The van der Waals surface area contributed by atoms with Crippen LogP contribution in [-0.4, -0.2) is 15.0 Å². The first kappa shape index (κ1) is 9.79. The molecule has 1 aliphatic heterocycles. The average molecular weight is 256 g/mol. The van der Waals surface area contributed by atoms with Crippen LogP contribution in [0.25, 0.3) is 22.3 Å². The molecule has 0 aliphatic carbocycles. The molecule has 0 bridgehead atoms. The van der Waals surface area contributed by atoms with E-state index in [-0.39, 0.29) is 5.28 Å². The van der Waals surface area contributed by atoms with Crippen molar-refractivity contribution in [3.63, 3.8) is 0 Å². The first-order valence-electron chi connectivity index (χ1n) is 5.42. The fraction of sp³-hybridized carbons (Fsp3) is 0. The van der Waals surface area contributed by atoms with Crippen LogP contribution in [0.5, 0.6) is 11.5 Å². The van der Waals surface area contributed by atoms with Crippen LogP contribution < -0.4 is 4.74 Å². The van der Waals surface area contributed by atoms with Crippen LogP contribution >= 0.6 is 11.6 Å². The van der Waals surface area contributed by atoms with Gasteiger partial charge in [0.1, 0.15) is 11.5 Å². The lowest BCUT2D eigenvalue weighted by molar-refractivity contribution is 0.485. The molecule has 0 saturated carbocycles. The van der Waals surface area contributed by atoms with E-state index in [0.29, 0.717) is 11.4 Å². The van der Waals surface area contributed by atoms with Crippen molar-refractivity contribution in [1.82, 2.24) is 15.0 Å². The quantitative estimate of drug-likeness (QED) is 0.452. The maximum atomic E-state index is 5.94. The van der Waals surface area contributed by atoms with Gasteiger partial charge in [0.25, 0.3) is 0 Å². The molecule has 4 nitrogen and oxygen atoms in total. The van der Waals surface area contributed by atoms with E-state index in [1.165, 1.54) is 0 Å². The van der Waals surface area contributed by atoms with E-state index >= 15 is 0 Å². The summed E-state index contributed by atoms with van der Waals surface area (Å²) in [5.74, 6) is 1.48. The van der Waals surface area contributed by atoms with Crippen molar-refractivity contribution < 1.29 is 4.74 Å². The fourth-order valence-corrected chi connectivity index (χ4v) is 2.32. The van der Waals surface area contributed by atoms with Crippen molar-refractivity contribution in [3.05, 3.63) is 41.8 Å². The van der Waals surface area contributed by atoms with Crippen LogP contribution in [0, 0.1) is 0 Å². The summed E-state index contributed by atoms with van der Waals surface area (Å²) >= 11 is 5.94. The molecule has 0 amide bonds. The number of hydrogen-bond donors (Lipinski definition) is 0. The zero-order chi connectivity index (χ0) is 12.1. The monoisotopic (exact) mass is 255 g/mol. The van der Waals surface area contributed by atoms with E-state index in [9.17, 15) is 0 Å². The molecule has 0 unspecified atom stereocenters. The molecule has 0 saturated heterocycles. The Bertz CT molecular complexity index is 788. The number of aromatic nitrogens is 3. The lowest BCUT2D eigenvalue weighted by Gasteiger charge is -2.19. The number of para-hydroxylation sites is 1. The zero-order valence-electron chi connectivity index (χ0n) is 9.09. The number of nitrogens with zero attached hydrogens (tertiary/aromatic N) is 3. The molecule has 3 heterocycles. The number of rotatable bonds is 0. The summed E-state index contributed by atoms with van der Waals surface area (Å²) in [6.07, 6.45) is 1.65. The highest BCUT2D eigenvalue weighted by molar-refractivity contribution is 6.29. The van der Waals surface area contributed by atoms with Crippen molar-refractivity contribution in [2.24, 2.45) is 0 Å². The third kappa shape index (κ3) is 1.23. The van der Waals surface area contributed by atoms with Crippen LogP contribution in [0.2, 0.25) is 5.28 Å². The molecule has 5 heteroatoms. The maximum Gasteiger partial charge on any atom is 0.225 e. The number of hydrogen-bond acceptors (Lipinski definition) is 4. The van der Waals surface area contributed by atoms with Gasteiger partial charge in [0, 0.05) is 11.8 Å². The summed E-state index contributed by atoms with van der Waals surface area (Å²) in [5.41, 5.74) is 2.24. The third-order valence-electron chi connectivity index (χ3n) is 2.89. The van der Waals surface area contributed by atoms with Gasteiger partial charge >= 0.3 is 0 Å². The van der Waals surface area contributed by atoms with Crippen LogP contribution in [0.3, 0.4) is 0 Å². The first-order valence-corrected chi connectivity index (χ1v) is 5.80. The van der Waals surface area contributed by atoms with E-state index in [1.54, 1.807) is 12.3 Å². The maximum absolute atomic E-state index is 5.94. The molecule has 1 aliphatic rings. The molecular formula is C13H6ClN3O. The molecule has 2 aromatic heterocycles. The van der Waals surface area contributed by atoms with Crippen LogP contribution in [0.4, 0.5) is 0 Å². The normalized spacial score (nSPS) is 12.1. The smallest absolute Gasteiger partial charge is 0.225 e. The van der Waals surface area contributed by atoms with Crippen molar-refractivity contribution in [2.75, 3.05) is 0 Å². The minimum absolute atomic E-state index is 0.193. The topological polar surface area (TPSA) is 47.9 Å². The Kier molecular flexibility index (Phi) is 1.85. The molecule has 0 spiro atoms. The standard InChI is InChI=1S/C13H6ClN3O/c14-13-16-11-7-3-1-2-4-8(7)18-9-5-6-15-12(17-13)10(9)11/h1-6H. The Morgan fingerprint density at radius 1 is 1.00 bits per heavy atom. The van der Waals surface area contributed by atoms with Crippen molar-refractivity contribution in [3.8, 4) is 22.8 Å². The summed E-state index contributed by atoms with van der Waals surface area (Å²) in [5, 5.41) is 0.999. The largest absolute Gasteiger partial charge is 0.456 e. The molecule has 0 fully saturated rings. The van der Waals surface area contributed by atoms with E-state index in [2.05, 4.69) is 15.0 Å². The van der Waals surface area contributed by atoms with Crippen molar-refractivity contribution in [1.29, 1.82) is 0 Å². The number of fused-ring (bicyclic) bond motifs is 2. The molecular weight excluding hydrogens is 250 g/mol. The second kappa shape index (κ2) is 3.40. The van der Waals surface area contributed by atoms with Gasteiger partial charge in [-0.1, -0.05) is 12.1 Å². The predicted molar refractivity (Wildman–Crippen MR) is 67.9 cm³/mol. The van der Waals surface area contributed by atoms with Gasteiger partial charge in [0.15, 0.2) is 5.65 Å². The summed E-state index contributed by atoms with van der Waals surface area (Å²) in [6.45, 7) is 0. The van der Waals surface area contributed by atoms with Gasteiger partial charge in [0.2, 0.25) is 5.28 Å². The van der Waals surface area contributed by atoms with Gasteiger partial charge in [-0.2, -0.15) is 4.98 Å². The van der Waals surface area contributed by atoms with Gasteiger partial charge in [-0.15, -0.1) is 0 Å². The summed E-state index contributed by atoms with van der Waals surface area (Å²) in [6, 6.07) is 9.51. The second-order valence-electron chi connectivity index (χ2n) is 3.95. The highest BCUT2D eigenvalue weighted by Gasteiger charge is 2.22. The van der Waals surface area contributed by atoms with Crippen LogP contribution in [0.1, 0.15) is 0 Å². The zero-order valence-corrected chi connectivity index (χ0v) is 9.85. The van der Waals surface area contributed by atoms with Crippen LogP contribution in [0.15, 0.2) is 36.5 Å². The van der Waals surface area contributed by atoms with E-state index < -0.39 is 0 Å². The third-order valence-corrected chi connectivity index (χ3v) is 3.06. The summed E-state index contributed by atoms with van der Waals surface area (Å²) in [7, 11) is 0. The average Bonchev–Trinajstić information content (AvgIpc) is 2.38. The number of ether oxygens (including phenoxy) is 1. The SMILES string of the molecule is Clc1nc2c3c(ccnc3n1)Oc1ccccc1-2. The fourth-order valence-electron chi connectivity index (χ4n) is 2.15. The van der Waals surface area contributed by atoms with Gasteiger partial charge in [0.05, 0.1) is 11.1 Å². The highest BCUT2D eigenvalue weighted by atomic mass is 35.5. The van der Waals surface area contributed by atoms with Crippen molar-refractivity contribution >= 4 is 22.6 Å². The molecule has 0 N–H and O–H groups in total. The second-order valence-corrected chi connectivity index (χ2v) is 4.29. The Labute approximate surface area is 107 Å². The summed E-state index contributed by atoms with van der Waals surface area (Å²) < 4.78 is 5.83. The van der Waals surface area contributed by atoms with E-state index in [1.807, 2.05) is 24.3 Å². The molecule has 1 aromatic carbocycles.